The van der Waals surface area contributed by atoms with Gasteiger partial charge in [0.1, 0.15) is 12.4 Å². The minimum absolute atomic E-state index is 0.179. The number of rotatable bonds is 2. The van der Waals surface area contributed by atoms with Gasteiger partial charge in [-0.1, -0.05) is 0 Å². The van der Waals surface area contributed by atoms with Crippen LogP contribution in [0.5, 0.6) is 5.75 Å². The third-order valence-electron chi connectivity index (χ3n) is 2.92. The van der Waals surface area contributed by atoms with Crippen LogP contribution >= 0.6 is 0 Å². The Morgan fingerprint density at radius 2 is 1.95 bits per heavy atom. The van der Waals surface area contributed by atoms with Gasteiger partial charge in [0.2, 0.25) is 0 Å². The van der Waals surface area contributed by atoms with Crippen molar-refractivity contribution in [2.24, 2.45) is 0 Å². The number of benzene rings is 1. The third-order valence-corrected chi connectivity index (χ3v) is 4.53. The average molecular weight is 307 g/mol. The van der Waals surface area contributed by atoms with Gasteiger partial charge in [0.25, 0.3) is 0 Å². The normalized spacial score (nSPS) is 20.4. The first-order valence-electron chi connectivity index (χ1n) is 6.11. The summed E-state index contributed by atoms with van der Waals surface area (Å²) in [6.07, 6.45) is -4.40. The molecule has 2 rings (SSSR count). The summed E-state index contributed by atoms with van der Waals surface area (Å²) < 4.78 is 57.8. The van der Waals surface area contributed by atoms with Gasteiger partial charge in [-0.15, -0.1) is 0 Å². The summed E-state index contributed by atoms with van der Waals surface area (Å²) >= 11 is 0. The Bertz CT molecular complexity index is 537. The molecule has 0 aromatic heterocycles. The van der Waals surface area contributed by atoms with Gasteiger partial charge in [0.05, 0.1) is 27.3 Å². The van der Waals surface area contributed by atoms with Crippen LogP contribution in [0, 0.1) is 0 Å². The van der Waals surface area contributed by atoms with E-state index in [1.807, 2.05) is 0 Å². The lowest BCUT2D eigenvalue weighted by molar-refractivity contribution is -0.137. The Morgan fingerprint density at radius 3 is 2.50 bits per heavy atom. The first-order valence-corrected chi connectivity index (χ1v) is 7.26. The maximum absolute atomic E-state index is 12.7. The van der Waals surface area contributed by atoms with Crippen molar-refractivity contribution in [3.05, 3.63) is 29.3 Å². The fraction of sp³-hybridized carbons (Fsp3) is 0.538. The molecule has 0 aliphatic carbocycles. The summed E-state index contributed by atoms with van der Waals surface area (Å²) in [6, 6.07) is 2.86. The van der Waals surface area contributed by atoms with Crippen LogP contribution in [-0.4, -0.2) is 15.6 Å². The highest BCUT2D eigenvalue weighted by atomic mass is 32.2. The highest BCUT2D eigenvalue weighted by Crippen LogP contribution is 2.38. The molecule has 0 bridgehead atoms. The molecule has 3 nitrogen and oxygen atoms in total. The Kier molecular flexibility index (Phi) is 3.85. The first-order chi connectivity index (χ1) is 9.09. The lowest BCUT2D eigenvalue weighted by atomic mass is 10.1. The molecule has 0 unspecified atom stereocenters. The summed E-state index contributed by atoms with van der Waals surface area (Å²) in [5.74, 6) is 0.404. The SMILES string of the molecule is CC(C)(C)[S@@](=O)N[C@H]1COc2ccc(C(F)(F)F)cc21. The Balaban J connectivity index is 2.26. The zero-order valence-corrected chi connectivity index (χ0v) is 12.2. The number of hydrogen-bond donors (Lipinski definition) is 1. The molecule has 1 aromatic carbocycles. The van der Waals surface area contributed by atoms with Gasteiger partial charge < -0.3 is 4.74 Å². The molecule has 1 aromatic rings. The zero-order valence-electron chi connectivity index (χ0n) is 11.4. The standard InChI is InChI=1S/C13H16F3NO2S/c1-12(2,3)20(18)17-10-7-19-11-5-4-8(6-9(10)11)13(14,15)16/h4-6,10,17H,7H2,1-3H3/t10-,20+/m0/s1. The van der Waals surface area contributed by atoms with Crippen molar-refractivity contribution in [3.8, 4) is 5.75 Å². The fourth-order valence-electron chi connectivity index (χ4n) is 1.79. The molecule has 0 saturated carbocycles. The van der Waals surface area contributed by atoms with E-state index < -0.39 is 33.5 Å². The van der Waals surface area contributed by atoms with Crippen LogP contribution in [-0.2, 0) is 17.2 Å². The average Bonchev–Trinajstić information content (AvgIpc) is 2.69. The molecule has 2 atom stereocenters. The highest BCUT2D eigenvalue weighted by Gasteiger charge is 2.35. The van der Waals surface area contributed by atoms with Gasteiger partial charge in [-0.25, -0.2) is 8.93 Å². The van der Waals surface area contributed by atoms with E-state index in [4.69, 9.17) is 4.74 Å². The second kappa shape index (κ2) is 5.04. The summed E-state index contributed by atoms with van der Waals surface area (Å²) in [6.45, 7) is 5.55. The molecule has 1 heterocycles. The smallest absolute Gasteiger partial charge is 0.416 e. The Hall–Kier alpha value is -1.08. The minimum Gasteiger partial charge on any atom is -0.491 e. The van der Waals surface area contributed by atoms with Crippen molar-refractivity contribution >= 4 is 11.0 Å². The van der Waals surface area contributed by atoms with Gasteiger partial charge in [0.15, 0.2) is 0 Å². The van der Waals surface area contributed by atoms with E-state index in [9.17, 15) is 17.4 Å². The number of alkyl halides is 3. The van der Waals surface area contributed by atoms with E-state index in [1.165, 1.54) is 6.07 Å². The van der Waals surface area contributed by atoms with Gasteiger partial charge in [-0.2, -0.15) is 13.2 Å². The van der Waals surface area contributed by atoms with Crippen LogP contribution in [0.3, 0.4) is 0 Å². The van der Waals surface area contributed by atoms with Crippen LogP contribution in [0.25, 0.3) is 0 Å². The fourth-order valence-corrected chi connectivity index (χ4v) is 2.60. The molecule has 0 spiro atoms. The highest BCUT2D eigenvalue weighted by molar-refractivity contribution is 7.84. The predicted octanol–water partition coefficient (Wildman–Crippen LogP) is 3.19. The van der Waals surface area contributed by atoms with E-state index >= 15 is 0 Å². The number of ether oxygens (including phenoxy) is 1. The summed E-state index contributed by atoms with van der Waals surface area (Å²) in [4.78, 5) is 0. The zero-order chi connectivity index (χ0) is 15.1. The third kappa shape index (κ3) is 3.15. The molecule has 1 N–H and O–H groups in total. The minimum atomic E-state index is -4.40. The Morgan fingerprint density at radius 1 is 1.30 bits per heavy atom. The molecule has 20 heavy (non-hydrogen) atoms. The molecular weight excluding hydrogens is 291 g/mol. The summed E-state index contributed by atoms with van der Waals surface area (Å²) in [5.41, 5.74) is -0.326. The van der Waals surface area contributed by atoms with Crippen molar-refractivity contribution in [1.29, 1.82) is 0 Å². The van der Waals surface area contributed by atoms with E-state index in [1.54, 1.807) is 20.8 Å². The van der Waals surface area contributed by atoms with Crippen molar-refractivity contribution in [2.45, 2.75) is 37.7 Å². The molecule has 1 aliphatic rings. The van der Waals surface area contributed by atoms with Gasteiger partial charge in [0, 0.05) is 5.56 Å². The first kappa shape index (κ1) is 15.3. The molecule has 0 fully saturated rings. The van der Waals surface area contributed by atoms with Crippen molar-refractivity contribution < 1.29 is 22.1 Å². The maximum Gasteiger partial charge on any atom is 0.416 e. The summed E-state index contributed by atoms with van der Waals surface area (Å²) in [5, 5.41) is 0. The monoisotopic (exact) mass is 307 g/mol. The quantitative estimate of drug-likeness (QED) is 0.911. The van der Waals surface area contributed by atoms with Crippen molar-refractivity contribution in [2.75, 3.05) is 6.61 Å². The largest absolute Gasteiger partial charge is 0.491 e. The molecular formula is C13H16F3NO2S. The molecule has 0 radical (unpaired) electrons. The van der Waals surface area contributed by atoms with Crippen molar-refractivity contribution in [3.63, 3.8) is 0 Å². The van der Waals surface area contributed by atoms with E-state index in [0.717, 1.165) is 12.1 Å². The number of fused-ring (bicyclic) bond motifs is 1. The van der Waals surface area contributed by atoms with E-state index in [2.05, 4.69) is 4.72 Å². The predicted molar refractivity (Wildman–Crippen MR) is 70.7 cm³/mol. The van der Waals surface area contributed by atoms with E-state index in [0.29, 0.717) is 11.3 Å². The van der Waals surface area contributed by atoms with Gasteiger partial charge in [-0.3, -0.25) is 0 Å². The number of halogens is 3. The number of hydrogen-bond acceptors (Lipinski definition) is 2. The lowest BCUT2D eigenvalue weighted by Gasteiger charge is -2.21. The lowest BCUT2D eigenvalue weighted by Crippen LogP contribution is -2.36. The van der Waals surface area contributed by atoms with Crippen LogP contribution in [0.1, 0.15) is 37.9 Å². The second-order valence-electron chi connectivity index (χ2n) is 5.61. The maximum atomic E-state index is 12.7. The molecule has 0 amide bonds. The van der Waals surface area contributed by atoms with Crippen LogP contribution in [0.2, 0.25) is 0 Å². The summed E-state index contributed by atoms with van der Waals surface area (Å²) in [7, 11) is -1.37. The van der Waals surface area contributed by atoms with Gasteiger partial charge in [-0.05, 0) is 39.0 Å². The molecule has 112 valence electrons. The molecule has 0 saturated heterocycles. The van der Waals surface area contributed by atoms with Crippen LogP contribution < -0.4 is 9.46 Å². The topological polar surface area (TPSA) is 38.3 Å². The molecule has 1 aliphatic heterocycles. The van der Waals surface area contributed by atoms with Crippen LogP contribution in [0.15, 0.2) is 18.2 Å². The van der Waals surface area contributed by atoms with Crippen molar-refractivity contribution in [1.82, 2.24) is 4.72 Å². The Labute approximate surface area is 118 Å². The van der Waals surface area contributed by atoms with E-state index in [-0.39, 0.29) is 6.61 Å². The molecule has 7 heteroatoms. The van der Waals surface area contributed by atoms with Gasteiger partial charge >= 0.3 is 6.18 Å². The second-order valence-corrected chi connectivity index (χ2v) is 7.61. The number of nitrogens with one attached hydrogen (secondary N) is 1. The van der Waals surface area contributed by atoms with Crippen LogP contribution in [0.4, 0.5) is 13.2 Å².